The van der Waals surface area contributed by atoms with Gasteiger partial charge in [-0.05, 0) is 12.0 Å². The maximum absolute atomic E-state index is 9.12. The Labute approximate surface area is 112 Å². The van der Waals surface area contributed by atoms with Crippen LogP contribution in [0.3, 0.4) is 0 Å². The van der Waals surface area contributed by atoms with Crippen molar-refractivity contribution in [3.63, 3.8) is 0 Å². The third-order valence-corrected chi connectivity index (χ3v) is 3.12. The molecule has 0 fully saturated rings. The molecule has 1 aromatic heterocycles. The van der Waals surface area contributed by atoms with E-state index in [1.54, 1.807) is 4.68 Å². The molecular weight excluding hydrogens is 246 g/mol. The molecule has 2 rings (SSSR count). The Morgan fingerprint density at radius 2 is 2.06 bits per heavy atom. The first-order chi connectivity index (χ1) is 8.76. The van der Waals surface area contributed by atoms with Crippen LogP contribution in [0.2, 0.25) is 5.15 Å². The monoisotopic (exact) mass is 259 g/mol. The van der Waals surface area contributed by atoms with E-state index in [0.29, 0.717) is 17.3 Å². The largest absolute Gasteiger partial charge is 0.248 e. The SMILES string of the molecule is CCCc1nn(Cc2ccccc2)c(Cl)c1C#N. The van der Waals surface area contributed by atoms with Crippen molar-refractivity contribution in [2.45, 2.75) is 26.3 Å². The fourth-order valence-electron chi connectivity index (χ4n) is 1.87. The molecule has 4 heteroatoms. The number of nitrogens with zero attached hydrogens (tertiary/aromatic N) is 3. The summed E-state index contributed by atoms with van der Waals surface area (Å²) < 4.78 is 1.69. The van der Waals surface area contributed by atoms with Gasteiger partial charge in [-0.2, -0.15) is 10.4 Å². The molecule has 0 unspecified atom stereocenters. The molecular formula is C14H14ClN3. The van der Waals surface area contributed by atoms with E-state index in [1.165, 1.54) is 0 Å². The van der Waals surface area contributed by atoms with E-state index in [-0.39, 0.29) is 0 Å². The Morgan fingerprint density at radius 3 is 2.67 bits per heavy atom. The van der Waals surface area contributed by atoms with Crippen LogP contribution in [0.1, 0.15) is 30.2 Å². The molecule has 0 saturated carbocycles. The summed E-state index contributed by atoms with van der Waals surface area (Å²) in [5.41, 5.74) is 2.42. The minimum absolute atomic E-state index is 0.435. The predicted molar refractivity (Wildman–Crippen MR) is 71.5 cm³/mol. The summed E-state index contributed by atoms with van der Waals surface area (Å²) in [4.78, 5) is 0. The highest BCUT2D eigenvalue weighted by Gasteiger charge is 2.15. The maximum Gasteiger partial charge on any atom is 0.145 e. The van der Waals surface area contributed by atoms with Crippen LogP contribution >= 0.6 is 11.6 Å². The number of rotatable bonds is 4. The molecule has 0 aliphatic carbocycles. The number of hydrogen-bond donors (Lipinski definition) is 0. The number of halogens is 1. The standard InChI is InChI=1S/C14H14ClN3/c1-2-6-13-12(9-16)14(15)18(17-13)10-11-7-4-3-5-8-11/h3-5,7-8H,2,6,10H2,1H3. The van der Waals surface area contributed by atoms with Crippen molar-refractivity contribution in [3.8, 4) is 6.07 Å². The lowest BCUT2D eigenvalue weighted by molar-refractivity contribution is 0.668. The maximum atomic E-state index is 9.12. The van der Waals surface area contributed by atoms with E-state index >= 15 is 0 Å². The lowest BCUT2D eigenvalue weighted by Gasteiger charge is -2.02. The molecule has 2 aromatic rings. The Hall–Kier alpha value is -1.79. The molecule has 0 N–H and O–H groups in total. The highest BCUT2D eigenvalue weighted by Crippen LogP contribution is 2.21. The van der Waals surface area contributed by atoms with Gasteiger partial charge in [0.25, 0.3) is 0 Å². The molecule has 0 aliphatic rings. The van der Waals surface area contributed by atoms with Crippen molar-refractivity contribution >= 4 is 11.6 Å². The Kier molecular flexibility index (Phi) is 4.01. The molecule has 92 valence electrons. The van der Waals surface area contributed by atoms with Crippen LogP contribution in [0, 0.1) is 11.3 Å². The zero-order valence-electron chi connectivity index (χ0n) is 10.2. The minimum Gasteiger partial charge on any atom is -0.248 e. The van der Waals surface area contributed by atoms with Crippen molar-refractivity contribution in [1.29, 1.82) is 5.26 Å². The third-order valence-electron chi connectivity index (χ3n) is 2.74. The normalized spacial score (nSPS) is 10.3. The van der Waals surface area contributed by atoms with E-state index in [0.717, 1.165) is 24.1 Å². The van der Waals surface area contributed by atoms with Crippen LogP contribution < -0.4 is 0 Å². The van der Waals surface area contributed by atoms with E-state index in [1.807, 2.05) is 30.3 Å². The second-order valence-corrected chi connectivity index (χ2v) is 4.48. The Bertz CT molecular complexity index is 567. The molecule has 3 nitrogen and oxygen atoms in total. The summed E-state index contributed by atoms with van der Waals surface area (Å²) in [5.74, 6) is 0. The van der Waals surface area contributed by atoms with Gasteiger partial charge >= 0.3 is 0 Å². The summed E-state index contributed by atoms with van der Waals surface area (Å²) >= 11 is 6.19. The fourth-order valence-corrected chi connectivity index (χ4v) is 2.12. The first kappa shape index (κ1) is 12.7. The number of nitriles is 1. The smallest absolute Gasteiger partial charge is 0.145 e. The van der Waals surface area contributed by atoms with Gasteiger partial charge in [-0.3, -0.25) is 0 Å². The lowest BCUT2D eigenvalue weighted by Crippen LogP contribution is -2.02. The summed E-state index contributed by atoms with van der Waals surface area (Å²) in [6, 6.07) is 12.1. The Morgan fingerprint density at radius 1 is 1.33 bits per heavy atom. The second kappa shape index (κ2) is 5.70. The summed E-state index contributed by atoms with van der Waals surface area (Å²) in [5, 5.41) is 14.0. The van der Waals surface area contributed by atoms with Crippen molar-refractivity contribution in [2.75, 3.05) is 0 Å². The minimum atomic E-state index is 0.435. The summed E-state index contributed by atoms with van der Waals surface area (Å²) in [7, 11) is 0. The molecule has 18 heavy (non-hydrogen) atoms. The van der Waals surface area contributed by atoms with Crippen LogP contribution in [-0.2, 0) is 13.0 Å². The number of aryl methyl sites for hydroxylation is 1. The van der Waals surface area contributed by atoms with Crippen LogP contribution in [0.25, 0.3) is 0 Å². The summed E-state index contributed by atoms with van der Waals surface area (Å²) in [6.07, 6.45) is 1.73. The second-order valence-electron chi connectivity index (χ2n) is 4.12. The van der Waals surface area contributed by atoms with Crippen molar-refractivity contribution < 1.29 is 0 Å². The highest BCUT2D eigenvalue weighted by atomic mass is 35.5. The number of benzene rings is 1. The van der Waals surface area contributed by atoms with E-state index in [4.69, 9.17) is 16.9 Å². The quantitative estimate of drug-likeness (QED) is 0.844. The average molecular weight is 260 g/mol. The van der Waals surface area contributed by atoms with Crippen LogP contribution in [0.15, 0.2) is 30.3 Å². The number of aromatic nitrogens is 2. The van der Waals surface area contributed by atoms with Crippen molar-refractivity contribution in [2.24, 2.45) is 0 Å². The molecule has 1 aromatic carbocycles. The predicted octanol–water partition coefficient (Wildman–Crippen LogP) is 3.41. The van der Waals surface area contributed by atoms with E-state index < -0.39 is 0 Å². The average Bonchev–Trinajstić information content (AvgIpc) is 2.67. The van der Waals surface area contributed by atoms with E-state index in [2.05, 4.69) is 18.1 Å². The van der Waals surface area contributed by atoms with Crippen LogP contribution in [0.4, 0.5) is 0 Å². The Balaban J connectivity index is 2.32. The third kappa shape index (κ3) is 2.55. The highest BCUT2D eigenvalue weighted by molar-refractivity contribution is 6.30. The van der Waals surface area contributed by atoms with Gasteiger partial charge in [0.1, 0.15) is 16.8 Å². The molecule has 0 atom stereocenters. The van der Waals surface area contributed by atoms with Gasteiger partial charge in [0.2, 0.25) is 0 Å². The zero-order valence-corrected chi connectivity index (χ0v) is 11.0. The van der Waals surface area contributed by atoms with Gasteiger partial charge in [-0.1, -0.05) is 55.3 Å². The zero-order chi connectivity index (χ0) is 13.0. The van der Waals surface area contributed by atoms with Gasteiger partial charge in [0.05, 0.1) is 12.2 Å². The first-order valence-electron chi connectivity index (χ1n) is 5.95. The van der Waals surface area contributed by atoms with Gasteiger partial charge in [-0.15, -0.1) is 0 Å². The molecule has 1 heterocycles. The first-order valence-corrected chi connectivity index (χ1v) is 6.33. The van der Waals surface area contributed by atoms with Crippen LogP contribution in [-0.4, -0.2) is 9.78 Å². The van der Waals surface area contributed by atoms with Crippen molar-refractivity contribution in [3.05, 3.63) is 52.3 Å². The summed E-state index contributed by atoms with van der Waals surface area (Å²) in [6.45, 7) is 2.66. The molecule has 0 bridgehead atoms. The van der Waals surface area contributed by atoms with Gasteiger partial charge in [-0.25, -0.2) is 4.68 Å². The number of hydrogen-bond acceptors (Lipinski definition) is 2. The van der Waals surface area contributed by atoms with Gasteiger partial charge in [0, 0.05) is 0 Å². The van der Waals surface area contributed by atoms with Crippen molar-refractivity contribution in [1.82, 2.24) is 9.78 Å². The topological polar surface area (TPSA) is 41.6 Å². The fraction of sp³-hybridized carbons (Fsp3) is 0.286. The molecule has 0 aliphatic heterocycles. The molecule has 0 radical (unpaired) electrons. The van der Waals surface area contributed by atoms with E-state index in [9.17, 15) is 0 Å². The lowest BCUT2D eigenvalue weighted by atomic mass is 10.2. The van der Waals surface area contributed by atoms with Crippen LogP contribution in [0.5, 0.6) is 0 Å². The van der Waals surface area contributed by atoms with Gasteiger partial charge < -0.3 is 0 Å². The molecule has 0 spiro atoms. The molecule has 0 saturated heterocycles. The van der Waals surface area contributed by atoms with Gasteiger partial charge in [0.15, 0.2) is 0 Å². The molecule has 0 amide bonds.